The Morgan fingerprint density at radius 1 is 1.25 bits per heavy atom. The number of halogens is 1. The number of hydrogen-bond acceptors (Lipinski definition) is 6. The van der Waals surface area contributed by atoms with Gasteiger partial charge in [-0.2, -0.15) is 0 Å². The molecule has 4 heterocycles. The van der Waals surface area contributed by atoms with Crippen LogP contribution in [0.25, 0.3) is 11.2 Å². The van der Waals surface area contributed by atoms with Crippen LogP contribution in [-0.2, 0) is 17.8 Å². The van der Waals surface area contributed by atoms with Gasteiger partial charge >= 0.3 is 0 Å². The average molecular weight is 453 g/mol. The number of thiophene rings is 1. The summed E-state index contributed by atoms with van der Waals surface area (Å²) in [5.41, 5.74) is 1.02. The SMILES string of the molecule is O=C(Cc1cccs1)N1CCC[C@H](c2nc3c(nnn3Cc3ccc(F)cc3)c(=O)[nH]2)C1. The second kappa shape index (κ2) is 8.62. The molecule has 1 N–H and O–H groups in total. The number of carbonyl (C=O) groups excluding carboxylic acids is 1. The van der Waals surface area contributed by atoms with Gasteiger partial charge < -0.3 is 9.88 Å². The van der Waals surface area contributed by atoms with Gasteiger partial charge in [-0.25, -0.2) is 14.1 Å². The summed E-state index contributed by atoms with van der Waals surface area (Å²) < 4.78 is 14.7. The first kappa shape index (κ1) is 20.5. The van der Waals surface area contributed by atoms with Crippen LogP contribution in [0.15, 0.2) is 46.6 Å². The molecule has 0 aliphatic carbocycles. The maximum absolute atomic E-state index is 13.2. The molecule has 0 bridgehead atoms. The van der Waals surface area contributed by atoms with E-state index in [1.54, 1.807) is 28.2 Å². The number of fused-ring (bicyclic) bond motifs is 1. The van der Waals surface area contributed by atoms with Gasteiger partial charge in [0.05, 0.1) is 13.0 Å². The standard InChI is InChI=1S/C22H21FN6O2S/c23-16-7-5-14(6-8-16)12-29-21-19(26-27-29)22(31)25-20(24-21)15-3-1-9-28(13-15)18(30)11-17-4-2-10-32-17/h2,4-8,10,15H,1,3,9,11-13H2,(H,24,25,31)/t15-/m0/s1. The molecule has 32 heavy (non-hydrogen) atoms. The van der Waals surface area contributed by atoms with Crippen LogP contribution in [0.4, 0.5) is 4.39 Å². The number of nitrogens with zero attached hydrogens (tertiary/aromatic N) is 5. The van der Waals surface area contributed by atoms with Crippen LogP contribution in [0.3, 0.4) is 0 Å². The van der Waals surface area contributed by atoms with E-state index in [4.69, 9.17) is 0 Å². The van der Waals surface area contributed by atoms with E-state index in [0.29, 0.717) is 37.5 Å². The lowest BCUT2D eigenvalue weighted by molar-refractivity contribution is -0.131. The minimum atomic E-state index is -0.350. The van der Waals surface area contributed by atoms with Crippen LogP contribution in [0.2, 0.25) is 0 Å². The maximum atomic E-state index is 13.2. The first-order valence-electron chi connectivity index (χ1n) is 10.4. The molecule has 0 saturated carbocycles. The average Bonchev–Trinajstić information content (AvgIpc) is 3.46. The molecular weight excluding hydrogens is 431 g/mol. The molecule has 1 amide bonds. The summed E-state index contributed by atoms with van der Waals surface area (Å²) in [7, 11) is 0. The zero-order valence-corrected chi connectivity index (χ0v) is 18.0. The van der Waals surface area contributed by atoms with Crippen molar-refractivity contribution in [2.45, 2.75) is 31.7 Å². The van der Waals surface area contributed by atoms with E-state index in [9.17, 15) is 14.0 Å². The summed E-state index contributed by atoms with van der Waals surface area (Å²) >= 11 is 1.57. The Balaban J connectivity index is 1.39. The van der Waals surface area contributed by atoms with Crippen LogP contribution in [0, 0.1) is 5.82 Å². The fourth-order valence-corrected chi connectivity index (χ4v) is 4.74. The molecule has 1 atom stereocenters. The second-order valence-corrected chi connectivity index (χ2v) is 8.96. The fourth-order valence-electron chi connectivity index (χ4n) is 4.05. The van der Waals surface area contributed by atoms with E-state index in [1.807, 2.05) is 22.4 Å². The quantitative estimate of drug-likeness (QED) is 0.502. The lowest BCUT2D eigenvalue weighted by atomic mass is 9.97. The van der Waals surface area contributed by atoms with E-state index in [2.05, 4.69) is 20.3 Å². The van der Waals surface area contributed by atoms with Crippen molar-refractivity contribution < 1.29 is 9.18 Å². The van der Waals surface area contributed by atoms with E-state index < -0.39 is 0 Å². The van der Waals surface area contributed by atoms with E-state index in [-0.39, 0.29) is 28.7 Å². The van der Waals surface area contributed by atoms with E-state index >= 15 is 0 Å². The van der Waals surface area contributed by atoms with Crippen molar-refractivity contribution in [3.63, 3.8) is 0 Å². The third-order valence-electron chi connectivity index (χ3n) is 5.70. The molecule has 1 fully saturated rings. The predicted octanol–water partition coefficient (Wildman–Crippen LogP) is 2.71. The molecule has 1 aliphatic rings. The van der Waals surface area contributed by atoms with Gasteiger partial charge in [0.1, 0.15) is 11.6 Å². The molecule has 3 aromatic heterocycles. The van der Waals surface area contributed by atoms with Gasteiger partial charge in [0.25, 0.3) is 5.56 Å². The van der Waals surface area contributed by atoms with Crippen molar-refractivity contribution in [1.82, 2.24) is 29.9 Å². The van der Waals surface area contributed by atoms with Gasteiger partial charge in [0.2, 0.25) is 5.91 Å². The Bertz CT molecular complexity index is 1300. The molecule has 164 valence electrons. The molecule has 0 radical (unpaired) electrons. The molecule has 4 aromatic rings. The Kier molecular flexibility index (Phi) is 5.52. The summed E-state index contributed by atoms with van der Waals surface area (Å²) in [5, 5.41) is 10.0. The number of carbonyl (C=O) groups is 1. The Labute approximate surface area is 186 Å². The van der Waals surface area contributed by atoms with Gasteiger partial charge in [0, 0.05) is 23.9 Å². The van der Waals surface area contributed by atoms with Crippen molar-refractivity contribution in [2.75, 3.05) is 13.1 Å². The minimum absolute atomic E-state index is 0.0673. The highest BCUT2D eigenvalue weighted by atomic mass is 32.1. The molecule has 1 aromatic carbocycles. The van der Waals surface area contributed by atoms with Gasteiger partial charge in [-0.1, -0.05) is 23.4 Å². The topological polar surface area (TPSA) is 96.8 Å². The smallest absolute Gasteiger partial charge is 0.281 e. The van der Waals surface area contributed by atoms with Crippen molar-refractivity contribution in [1.29, 1.82) is 0 Å². The van der Waals surface area contributed by atoms with Crippen LogP contribution in [0.5, 0.6) is 0 Å². The van der Waals surface area contributed by atoms with Gasteiger partial charge in [0.15, 0.2) is 11.2 Å². The summed E-state index contributed by atoms with van der Waals surface area (Å²) in [6.45, 7) is 1.54. The zero-order chi connectivity index (χ0) is 22.1. The third kappa shape index (κ3) is 4.18. The van der Waals surface area contributed by atoms with Crippen LogP contribution in [-0.4, -0.2) is 48.9 Å². The van der Waals surface area contributed by atoms with Gasteiger partial charge in [-0.3, -0.25) is 9.59 Å². The van der Waals surface area contributed by atoms with Crippen LogP contribution in [0.1, 0.15) is 35.0 Å². The predicted molar refractivity (Wildman–Crippen MR) is 118 cm³/mol. The van der Waals surface area contributed by atoms with E-state index in [0.717, 1.165) is 23.3 Å². The summed E-state index contributed by atoms with van der Waals surface area (Å²) in [4.78, 5) is 35.8. The Hall–Kier alpha value is -3.40. The summed E-state index contributed by atoms with van der Waals surface area (Å²) in [6.07, 6.45) is 2.06. The molecule has 5 rings (SSSR count). The molecule has 8 nitrogen and oxygen atoms in total. The number of aromatic nitrogens is 5. The highest BCUT2D eigenvalue weighted by molar-refractivity contribution is 7.10. The summed E-state index contributed by atoms with van der Waals surface area (Å²) in [6, 6.07) is 9.99. The number of nitrogens with one attached hydrogen (secondary N) is 1. The fraction of sp³-hybridized carbons (Fsp3) is 0.318. The molecule has 0 spiro atoms. The lowest BCUT2D eigenvalue weighted by Gasteiger charge is -2.32. The molecule has 1 saturated heterocycles. The number of piperidine rings is 1. The van der Waals surface area contributed by atoms with E-state index in [1.165, 1.54) is 12.1 Å². The van der Waals surface area contributed by atoms with Gasteiger partial charge in [-0.05, 0) is 42.0 Å². The largest absolute Gasteiger partial charge is 0.342 e. The number of H-pyrrole nitrogens is 1. The van der Waals surface area contributed by atoms with Crippen molar-refractivity contribution >= 4 is 28.4 Å². The molecular formula is C22H21FN6O2S. The second-order valence-electron chi connectivity index (χ2n) is 7.93. The Morgan fingerprint density at radius 2 is 2.09 bits per heavy atom. The summed E-state index contributed by atoms with van der Waals surface area (Å²) in [5.74, 6) is 0.245. The molecule has 1 aliphatic heterocycles. The normalized spacial score (nSPS) is 16.5. The highest BCUT2D eigenvalue weighted by Crippen LogP contribution is 2.25. The number of likely N-dealkylation sites (tertiary alicyclic amines) is 1. The monoisotopic (exact) mass is 452 g/mol. The number of aromatic amines is 1. The number of benzene rings is 1. The highest BCUT2D eigenvalue weighted by Gasteiger charge is 2.27. The Morgan fingerprint density at radius 3 is 2.88 bits per heavy atom. The number of rotatable bonds is 5. The molecule has 10 heteroatoms. The maximum Gasteiger partial charge on any atom is 0.281 e. The first-order chi connectivity index (χ1) is 15.6. The lowest BCUT2D eigenvalue weighted by Crippen LogP contribution is -2.40. The van der Waals surface area contributed by atoms with Crippen molar-refractivity contribution in [3.8, 4) is 0 Å². The molecule has 0 unspecified atom stereocenters. The first-order valence-corrected chi connectivity index (χ1v) is 11.3. The third-order valence-corrected chi connectivity index (χ3v) is 6.58. The van der Waals surface area contributed by atoms with Crippen LogP contribution >= 0.6 is 11.3 Å². The minimum Gasteiger partial charge on any atom is -0.342 e. The van der Waals surface area contributed by atoms with Crippen LogP contribution < -0.4 is 5.56 Å². The van der Waals surface area contributed by atoms with Crippen molar-refractivity contribution in [2.24, 2.45) is 0 Å². The zero-order valence-electron chi connectivity index (χ0n) is 17.2. The number of hydrogen-bond donors (Lipinski definition) is 1. The van der Waals surface area contributed by atoms with Crippen molar-refractivity contribution in [3.05, 3.63) is 74.2 Å². The van der Waals surface area contributed by atoms with Gasteiger partial charge in [-0.15, -0.1) is 16.4 Å². The number of amides is 1.